The lowest BCUT2D eigenvalue weighted by Crippen LogP contribution is -2.37. The van der Waals surface area contributed by atoms with Gasteiger partial charge >= 0.3 is 0 Å². The monoisotopic (exact) mass is 292 g/mol. The first-order valence-corrected chi connectivity index (χ1v) is 6.77. The number of nitrogens with one attached hydrogen (secondary N) is 2. The molecule has 0 bridgehead atoms. The summed E-state index contributed by atoms with van der Waals surface area (Å²) < 4.78 is 5.16. The van der Waals surface area contributed by atoms with Crippen molar-refractivity contribution >= 4 is 23.2 Å². The first-order chi connectivity index (χ1) is 9.58. The van der Waals surface area contributed by atoms with Crippen molar-refractivity contribution < 1.29 is 9.21 Å². The van der Waals surface area contributed by atoms with E-state index in [0.29, 0.717) is 11.6 Å². The third-order valence-electron chi connectivity index (χ3n) is 3.05. The second kappa shape index (κ2) is 6.48. The highest BCUT2D eigenvalue weighted by atomic mass is 35.5. The van der Waals surface area contributed by atoms with Gasteiger partial charge in [0.05, 0.1) is 12.8 Å². The number of carbonyl (C=O) groups excluding carboxylic acids is 1. The van der Waals surface area contributed by atoms with Crippen LogP contribution in [0.5, 0.6) is 0 Å². The van der Waals surface area contributed by atoms with Crippen LogP contribution in [0.3, 0.4) is 0 Å². The molecule has 0 aliphatic heterocycles. The van der Waals surface area contributed by atoms with Crippen molar-refractivity contribution in [1.29, 1.82) is 0 Å². The summed E-state index contributed by atoms with van der Waals surface area (Å²) >= 11 is 6.05. The molecule has 20 heavy (non-hydrogen) atoms. The Morgan fingerprint density at radius 1 is 1.35 bits per heavy atom. The number of rotatable bonds is 5. The Hall–Kier alpha value is -1.94. The smallest absolute Gasteiger partial charge is 0.242 e. The minimum atomic E-state index is -0.359. The Kier molecular flexibility index (Phi) is 4.69. The van der Waals surface area contributed by atoms with E-state index in [1.807, 2.05) is 31.2 Å². The topological polar surface area (TPSA) is 54.3 Å². The number of carbonyl (C=O) groups is 1. The predicted molar refractivity (Wildman–Crippen MR) is 79.8 cm³/mol. The van der Waals surface area contributed by atoms with Crippen molar-refractivity contribution in [3.8, 4) is 0 Å². The zero-order valence-corrected chi connectivity index (χ0v) is 12.2. The molecule has 1 atom stereocenters. The van der Waals surface area contributed by atoms with E-state index < -0.39 is 0 Å². The maximum Gasteiger partial charge on any atom is 0.242 e. The van der Waals surface area contributed by atoms with Crippen LogP contribution < -0.4 is 10.6 Å². The molecule has 1 amide bonds. The number of anilines is 1. The van der Waals surface area contributed by atoms with Gasteiger partial charge in [0, 0.05) is 10.7 Å². The van der Waals surface area contributed by atoms with E-state index in [1.54, 1.807) is 19.3 Å². The van der Waals surface area contributed by atoms with Crippen LogP contribution in [0.15, 0.2) is 41.0 Å². The first kappa shape index (κ1) is 14.5. The van der Waals surface area contributed by atoms with Gasteiger partial charge in [0.25, 0.3) is 0 Å². The summed E-state index contributed by atoms with van der Waals surface area (Å²) in [4.78, 5) is 12.0. The van der Waals surface area contributed by atoms with Crippen molar-refractivity contribution in [2.24, 2.45) is 0 Å². The number of benzene rings is 1. The Labute approximate surface area is 123 Å². The minimum absolute atomic E-state index is 0.0965. The van der Waals surface area contributed by atoms with Crippen molar-refractivity contribution in [3.05, 3.63) is 52.9 Å². The van der Waals surface area contributed by atoms with Gasteiger partial charge < -0.3 is 15.1 Å². The quantitative estimate of drug-likeness (QED) is 0.888. The standard InChI is InChI=1S/C15H17ClN2O2/c1-10-13(16)6-3-7-14(10)18-11(2)15(19)17-9-12-5-4-8-20-12/h3-8,11,18H,9H2,1-2H3,(H,17,19). The molecule has 1 aromatic carbocycles. The van der Waals surface area contributed by atoms with Gasteiger partial charge in [-0.25, -0.2) is 0 Å². The molecule has 1 unspecified atom stereocenters. The summed E-state index contributed by atoms with van der Waals surface area (Å²) in [6.07, 6.45) is 1.58. The van der Waals surface area contributed by atoms with E-state index in [-0.39, 0.29) is 11.9 Å². The molecule has 0 saturated carbocycles. The van der Waals surface area contributed by atoms with Crippen LogP contribution in [0.25, 0.3) is 0 Å². The fourth-order valence-electron chi connectivity index (χ4n) is 1.80. The number of hydrogen-bond donors (Lipinski definition) is 2. The van der Waals surface area contributed by atoms with E-state index in [1.165, 1.54) is 0 Å². The lowest BCUT2D eigenvalue weighted by atomic mass is 10.2. The highest BCUT2D eigenvalue weighted by molar-refractivity contribution is 6.31. The highest BCUT2D eigenvalue weighted by Gasteiger charge is 2.14. The molecule has 0 radical (unpaired) electrons. The van der Waals surface area contributed by atoms with Gasteiger partial charge in [-0.05, 0) is 43.7 Å². The number of halogens is 1. The lowest BCUT2D eigenvalue weighted by molar-refractivity contribution is -0.121. The van der Waals surface area contributed by atoms with E-state index in [2.05, 4.69) is 10.6 Å². The fourth-order valence-corrected chi connectivity index (χ4v) is 1.98. The molecule has 2 rings (SSSR count). The van der Waals surface area contributed by atoms with Gasteiger partial charge in [-0.3, -0.25) is 4.79 Å². The molecule has 1 heterocycles. The van der Waals surface area contributed by atoms with Crippen LogP contribution >= 0.6 is 11.6 Å². The van der Waals surface area contributed by atoms with Gasteiger partial charge in [0.1, 0.15) is 11.8 Å². The maximum absolute atomic E-state index is 12.0. The van der Waals surface area contributed by atoms with Crippen LogP contribution in [0.1, 0.15) is 18.2 Å². The molecular formula is C15H17ClN2O2. The van der Waals surface area contributed by atoms with Gasteiger partial charge in [-0.1, -0.05) is 17.7 Å². The third kappa shape index (κ3) is 3.54. The van der Waals surface area contributed by atoms with Crippen molar-refractivity contribution in [2.45, 2.75) is 26.4 Å². The molecule has 106 valence electrons. The number of furan rings is 1. The largest absolute Gasteiger partial charge is 0.467 e. The predicted octanol–water partition coefficient (Wildman–Crippen LogP) is 3.36. The average Bonchev–Trinajstić information content (AvgIpc) is 2.94. The normalized spacial score (nSPS) is 11.9. The second-order valence-corrected chi connectivity index (χ2v) is 4.98. The molecule has 2 N–H and O–H groups in total. The second-order valence-electron chi connectivity index (χ2n) is 4.58. The third-order valence-corrected chi connectivity index (χ3v) is 3.46. The summed E-state index contributed by atoms with van der Waals surface area (Å²) in [5.74, 6) is 0.630. The minimum Gasteiger partial charge on any atom is -0.467 e. The molecule has 0 saturated heterocycles. The summed E-state index contributed by atoms with van der Waals surface area (Å²) in [7, 11) is 0. The van der Waals surface area contributed by atoms with Crippen molar-refractivity contribution in [1.82, 2.24) is 5.32 Å². The van der Waals surface area contributed by atoms with Crippen molar-refractivity contribution in [2.75, 3.05) is 5.32 Å². The van der Waals surface area contributed by atoms with Crippen LogP contribution in [-0.4, -0.2) is 11.9 Å². The Balaban J connectivity index is 1.92. The van der Waals surface area contributed by atoms with E-state index in [4.69, 9.17) is 16.0 Å². The van der Waals surface area contributed by atoms with Crippen LogP contribution in [-0.2, 0) is 11.3 Å². The van der Waals surface area contributed by atoms with Gasteiger partial charge in [-0.2, -0.15) is 0 Å². The molecular weight excluding hydrogens is 276 g/mol. The molecule has 1 aromatic heterocycles. The first-order valence-electron chi connectivity index (χ1n) is 6.39. The Bertz CT molecular complexity index is 582. The van der Waals surface area contributed by atoms with Crippen LogP contribution in [0.4, 0.5) is 5.69 Å². The molecule has 0 aliphatic rings. The van der Waals surface area contributed by atoms with Crippen LogP contribution in [0.2, 0.25) is 5.02 Å². The number of hydrogen-bond acceptors (Lipinski definition) is 3. The average molecular weight is 293 g/mol. The highest BCUT2D eigenvalue weighted by Crippen LogP contribution is 2.23. The van der Waals surface area contributed by atoms with Crippen LogP contribution in [0, 0.1) is 6.92 Å². The summed E-state index contributed by atoms with van der Waals surface area (Å²) in [6, 6.07) is 8.83. The van der Waals surface area contributed by atoms with Crippen molar-refractivity contribution in [3.63, 3.8) is 0 Å². The molecule has 4 nitrogen and oxygen atoms in total. The zero-order chi connectivity index (χ0) is 14.5. The fraction of sp³-hybridized carbons (Fsp3) is 0.267. The molecule has 0 spiro atoms. The van der Waals surface area contributed by atoms with E-state index >= 15 is 0 Å². The van der Waals surface area contributed by atoms with Gasteiger partial charge in [-0.15, -0.1) is 0 Å². The molecule has 0 fully saturated rings. The Morgan fingerprint density at radius 3 is 2.85 bits per heavy atom. The molecule has 5 heteroatoms. The van der Waals surface area contributed by atoms with Gasteiger partial charge in [0.2, 0.25) is 5.91 Å². The summed E-state index contributed by atoms with van der Waals surface area (Å²) in [5.41, 5.74) is 1.79. The summed E-state index contributed by atoms with van der Waals surface area (Å²) in [5, 5.41) is 6.64. The lowest BCUT2D eigenvalue weighted by Gasteiger charge is -2.17. The molecule has 2 aromatic rings. The zero-order valence-electron chi connectivity index (χ0n) is 11.4. The maximum atomic E-state index is 12.0. The molecule has 0 aliphatic carbocycles. The van der Waals surface area contributed by atoms with E-state index in [0.717, 1.165) is 17.0 Å². The number of amides is 1. The van der Waals surface area contributed by atoms with Gasteiger partial charge in [0.15, 0.2) is 0 Å². The summed E-state index contributed by atoms with van der Waals surface area (Å²) in [6.45, 7) is 4.10. The van der Waals surface area contributed by atoms with E-state index in [9.17, 15) is 4.79 Å². The SMILES string of the molecule is Cc1c(Cl)cccc1NC(C)C(=O)NCc1ccco1. The Morgan fingerprint density at radius 2 is 2.15 bits per heavy atom.